The molecular formula is C25H30ClN3O5. The number of aromatic nitrogens is 2. The van der Waals surface area contributed by atoms with Crippen LogP contribution in [0.2, 0.25) is 5.02 Å². The van der Waals surface area contributed by atoms with Crippen LogP contribution in [0.25, 0.3) is 11.1 Å². The van der Waals surface area contributed by atoms with Gasteiger partial charge in [-0.25, -0.2) is 4.98 Å². The second kappa shape index (κ2) is 9.90. The number of aliphatic hydroxyl groups excluding tert-OH is 1. The van der Waals surface area contributed by atoms with Crippen molar-refractivity contribution in [2.45, 2.75) is 57.8 Å². The van der Waals surface area contributed by atoms with E-state index in [1.807, 2.05) is 19.9 Å². The number of aliphatic hydroxyl groups is 1. The fourth-order valence-corrected chi connectivity index (χ4v) is 4.42. The lowest BCUT2D eigenvalue weighted by molar-refractivity contribution is -0.108. The molecular weight excluding hydrogens is 458 g/mol. The number of carbonyl (C=O) groups is 1. The predicted molar refractivity (Wildman–Crippen MR) is 128 cm³/mol. The number of amides is 1. The summed E-state index contributed by atoms with van der Waals surface area (Å²) >= 11 is 6.04. The maximum Gasteiger partial charge on any atom is 0.254 e. The van der Waals surface area contributed by atoms with Gasteiger partial charge in [-0.05, 0) is 57.9 Å². The third-order valence-corrected chi connectivity index (χ3v) is 6.11. The average Bonchev–Trinajstić information content (AvgIpc) is 3.20. The molecule has 2 aromatic heterocycles. The summed E-state index contributed by atoms with van der Waals surface area (Å²) in [5.74, 6) is 0.814. The first-order chi connectivity index (χ1) is 16.1. The number of carbonyl (C=O) groups excluding carboxylic acids is 1. The van der Waals surface area contributed by atoms with Gasteiger partial charge in [-0.1, -0.05) is 11.6 Å². The molecule has 3 heterocycles. The van der Waals surface area contributed by atoms with E-state index in [4.69, 9.17) is 25.5 Å². The van der Waals surface area contributed by atoms with Gasteiger partial charge in [-0.2, -0.15) is 0 Å². The Morgan fingerprint density at radius 2 is 2.15 bits per heavy atom. The van der Waals surface area contributed by atoms with E-state index in [0.29, 0.717) is 65.7 Å². The predicted octanol–water partition coefficient (Wildman–Crippen LogP) is 4.06. The van der Waals surface area contributed by atoms with E-state index in [1.165, 1.54) is 7.11 Å². The molecule has 2 atom stereocenters. The SMILES string of the molecule is COc1cc(C(=O)N2CC(C)(C)OCC2CC(C)O)cc2nc(CCc3cc(Cl)ccn3)oc12. The fourth-order valence-electron chi connectivity index (χ4n) is 4.24. The third kappa shape index (κ3) is 5.51. The normalized spacial score (nSPS) is 18.8. The van der Waals surface area contributed by atoms with Gasteiger partial charge in [0.05, 0.1) is 31.5 Å². The number of nitrogens with zero attached hydrogens (tertiary/aromatic N) is 3. The first-order valence-electron chi connectivity index (χ1n) is 11.4. The molecule has 9 heteroatoms. The molecule has 0 radical (unpaired) electrons. The van der Waals surface area contributed by atoms with Crippen molar-refractivity contribution < 1.29 is 23.8 Å². The summed E-state index contributed by atoms with van der Waals surface area (Å²) in [7, 11) is 1.54. The molecule has 0 saturated carbocycles. The van der Waals surface area contributed by atoms with E-state index >= 15 is 0 Å². The van der Waals surface area contributed by atoms with Gasteiger partial charge in [-0.15, -0.1) is 0 Å². The van der Waals surface area contributed by atoms with Crippen molar-refractivity contribution in [3.05, 3.63) is 52.6 Å². The maximum absolute atomic E-state index is 13.6. The van der Waals surface area contributed by atoms with Crippen LogP contribution in [0, 0.1) is 0 Å². The zero-order valence-electron chi connectivity index (χ0n) is 19.9. The number of methoxy groups -OCH3 is 1. The van der Waals surface area contributed by atoms with Crippen molar-refractivity contribution in [1.82, 2.24) is 14.9 Å². The highest BCUT2D eigenvalue weighted by molar-refractivity contribution is 6.30. The minimum Gasteiger partial charge on any atom is -0.493 e. The molecule has 182 valence electrons. The number of hydrogen-bond donors (Lipinski definition) is 1. The number of benzene rings is 1. The zero-order valence-corrected chi connectivity index (χ0v) is 20.6. The minimum absolute atomic E-state index is 0.157. The van der Waals surface area contributed by atoms with Crippen LogP contribution >= 0.6 is 11.6 Å². The topological polar surface area (TPSA) is 97.9 Å². The van der Waals surface area contributed by atoms with Gasteiger partial charge >= 0.3 is 0 Å². The van der Waals surface area contributed by atoms with Crippen LogP contribution in [0.1, 0.15) is 49.1 Å². The molecule has 1 N–H and O–H groups in total. The molecule has 3 aromatic rings. The Morgan fingerprint density at radius 1 is 1.35 bits per heavy atom. The van der Waals surface area contributed by atoms with Crippen LogP contribution < -0.4 is 4.74 Å². The van der Waals surface area contributed by atoms with Crippen molar-refractivity contribution in [3.8, 4) is 5.75 Å². The van der Waals surface area contributed by atoms with E-state index in [9.17, 15) is 9.90 Å². The molecule has 1 aliphatic rings. The number of rotatable bonds is 7. The van der Waals surface area contributed by atoms with Gasteiger partial charge in [0.15, 0.2) is 17.2 Å². The van der Waals surface area contributed by atoms with Gasteiger partial charge in [0.1, 0.15) is 5.52 Å². The lowest BCUT2D eigenvalue weighted by Gasteiger charge is -2.44. The fraction of sp³-hybridized carbons (Fsp3) is 0.480. The van der Waals surface area contributed by atoms with E-state index < -0.39 is 11.7 Å². The first kappa shape index (κ1) is 24.4. The molecule has 34 heavy (non-hydrogen) atoms. The van der Waals surface area contributed by atoms with E-state index in [2.05, 4.69) is 9.97 Å². The molecule has 4 rings (SSSR count). The number of oxazole rings is 1. The number of fused-ring (bicyclic) bond motifs is 1. The summed E-state index contributed by atoms with van der Waals surface area (Å²) in [6.45, 7) is 6.41. The van der Waals surface area contributed by atoms with Crippen LogP contribution in [0.4, 0.5) is 0 Å². The van der Waals surface area contributed by atoms with Crippen LogP contribution in [-0.4, -0.2) is 63.9 Å². The molecule has 1 amide bonds. The number of aryl methyl sites for hydroxylation is 2. The molecule has 0 spiro atoms. The van der Waals surface area contributed by atoms with Crippen molar-refractivity contribution in [2.24, 2.45) is 0 Å². The van der Waals surface area contributed by atoms with Gasteiger partial charge in [0, 0.05) is 35.4 Å². The molecule has 1 saturated heterocycles. The number of pyridine rings is 1. The van der Waals surface area contributed by atoms with E-state index in [-0.39, 0.29) is 11.9 Å². The molecule has 1 aliphatic heterocycles. The highest BCUT2D eigenvalue weighted by Gasteiger charge is 2.37. The average molecular weight is 488 g/mol. The van der Waals surface area contributed by atoms with E-state index in [1.54, 1.807) is 36.2 Å². The summed E-state index contributed by atoms with van der Waals surface area (Å²) in [5, 5.41) is 10.6. The Morgan fingerprint density at radius 3 is 2.85 bits per heavy atom. The molecule has 1 aromatic carbocycles. The lowest BCUT2D eigenvalue weighted by Crippen LogP contribution is -2.56. The van der Waals surface area contributed by atoms with Gasteiger partial charge in [-0.3, -0.25) is 9.78 Å². The largest absolute Gasteiger partial charge is 0.493 e. The van der Waals surface area contributed by atoms with Gasteiger partial charge in [0.25, 0.3) is 5.91 Å². The summed E-state index contributed by atoms with van der Waals surface area (Å²) in [4.78, 5) is 24.3. The monoisotopic (exact) mass is 487 g/mol. The molecule has 8 nitrogen and oxygen atoms in total. The number of ether oxygens (including phenoxy) is 2. The molecule has 2 unspecified atom stereocenters. The van der Waals surface area contributed by atoms with Crippen LogP contribution in [0.3, 0.4) is 0 Å². The highest BCUT2D eigenvalue weighted by atomic mass is 35.5. The third-order valence-electron chi connectivity index (χ3n) is 5.87. The molecule has 0 bridgehead atoms. The Bertz CT molecular complexity index is 1180. The van der Waals surface area contributed by atoms with Crippen LogP contribution in [0.5, 0.6) is 5.75 Å². The Hall–Kier alpha value is -2.68. The number of hydrogen-bond acceptors (Lipinski definition) is 7. The zero-order chi connectivity index (χ0) is 24.5. The van der Waals surface area contributed by atoms with Crippen LogP contribution in [0.15, 0.2) is 34.9 Å². The second-order valence-corrected chi connectivity index (χ2v) is 9.78. The number of morpholine rings is 1. The van der Waals surface area contributed by atoms with Crippen molar-refractivity contribution in [1.29, 1.82) is 0 Å². The summed E-state index contributed by atoms with van der Waals surface area (Å²) in [6, 6.07) is 6.73. The van der Waals surface area contributed by atoms with Crippen molar-refractivity contribution >= 4 is 28.6 Å². The van der Waals surface area contributed by atoms with E-state index in [0.717, 1.165) is 5.69 Å². The quantitative estimate of drug-likeness (QED) is 0.536. The maximum atomic E-state index is 13.6. The smallest absolute Gasteiger partial charge is 0.254 e. The Balaban J connectivity index is 1.61. The minimum atomic E-state index is -0.547. The Kier molecular flexibility index (Phi) is 7.12. The van der Waals surface area contributed by atoms with Gasteiger partial charge < -0.3 is 23.9 Å². The second-order valence-electron chi connectivity index (χ2n) is 9.34. The van der Waals surface area contributed by atoms with Gasteiger partial charge in [0.2, 0.25) is 0 Å². The molecule has 0 aliphatic carbocycles. The van der Waals surface area contributed by atoms with Crippen molar-refractivity contribution in [3.63, 3.8) is 0 Å². The summed E-state index contributed by atoms with van der Waals surface area (Å²) < 4.78 is 17.4. The standard InChI is InChI=1S/C25H30ClN3O5/c1-15(30)9-19-13-33-25(2,3)14-29(19)24(31)16-10-20-23(21(11-16)32-4)34-22(28-20)6-5-18-12-17(26)7-8-27-18/h7-8,10-12,15,19,30H,5-6,9,13-14H2,1-4H3. The lowest BCUT2D eigenvalue weighted by atomic mass is 9.99. The highest BCUT2D eigenvalue weighted by Crippen LogP contribution is 2.31. The Labute approximate surface area is 203 Å². The molecule has 1 fully saturated rings. The van der Waals surface area contributed by atoms with Crippen LogP contribution in [-0.2, 0) is 17.6 Å². The number of halogens is 1. The van der Waals surface area contributed by atoms with Crippen molar-refractivity contribution in [2.75, 3.05) is 20.3 Å². The first-order valence-corrected chi connectivity index (χ1v) is 11.7. The summed E-state index contributed by atoms with van der Waals surface area (Å²) in [6.07, 6.45) is 2.71. The summed E-state index contributed by atoms with van der Waals surface area (Å²) in [5.41, 5.74) is 1.87.